The van der Waals surface area contributed by atoms with Crippen LogP contribution in [-0.2, 0) is 4.79 Å². The van der Waals surface area contributed by atoms with Crippen molar-refractivity contribution in [3.05, 3.63) is 46.7 Å². The van der Waals surface area contributed by atoms with E-state index in [-0.39, 0.29) is 18.0 Å². The van der Waals surface area contributed by atoms with Crippen LogP contribution in [0.1, 0.15) is 48.2 Å². The summed E-state index contributed by atoms with van der Waals surface area (Å²) in [6.07, 6.45) is 5.55. The topological polar surface area (TPSA) is 62.3 Å². The Bertz CT molecular complexity index is 802. The van der Waals surface area contributed by atoms with Gasteiger partial charge in [-0.3, -0.25) is 9.59 Å². The van der Waals surface area contributed by atoms with Gasteiger partial charge >= 0.3 is 0 Å². The standard InChI is InChI=1S/C20H24FN3O2S/c1-14-13-27-20(22-14)23-18(25)12-24(11-15-7-3-2-4-8-15)19(26)16-9-5-6-10-17(16)21/h5-6,9-10,13,15H,2-4,7-8,11-12H2,1H3,(H,22,23,25). The molecule has 1 aliphatic carbocycles. The fourth-order valence-electron chi connectivity index (χ4n) is 3.45. The highest BCUT2D eigenvalue weighted by atomic mass is 32.1. The molecule has 1 N–H and O–H groups in total. The lowest BCUT2D eigenvalue weighted by Gasteiger charge is -2.29. The first-order chi connectivity index (χ1) is 13.0. The summed E-state index contributed by atoms with van der Waals surface area (Å²) in [5.74, 6) is -0.967. The average Bonchev–Trinajstić information content (AvgIpc) is 3.06. The Morgan fingerprint density at radius 3 is 2.67 bits per heavy atom. The number of rotatable bonds is 6. The van der Waals surface area contributed by atoms with Crippen molar-refractivity contribution in [3.63, 3.8) is 0 Å². The van der Waals surface area contributed by atoms with Gasteiger partial charge in [0.1, 0.15) is 12.4 Å². The zero-order valence-electron chi connectivity index (χ0n) is 15.4. The van der Waals surface area contributed by atoms with Gasteiger partial charge in [-0.05, 0) is 37.8 Å². The number of thiazole rings is 1. The van der Waals surface area contributed by atoms with E-state index in [2.05, 4.69) is 10.3 Å². The normalized spacial score (nSPS) is 14.7. The molecule has 1 saturated carbocycles. The number of anilines is 1. The fraction of sp³-hybridized carbons (Fsp3) is 0.450. The van der Waals surface area contributed by atoms with Crippen molar-refractivity contribution in [3.8, 4) is 0 Å². The van der Waals surface area contributed by atoms with E-state index in [1.54, 1.807) is 12.1 Å². The predicted octanol–water partition coefficient (Wildman–Crippen LogP) is 4.25. The van der Waals surface area contributed by atoms with Crippen molar-refractivity contribution in [1.82, 2.24) is 9.88 Å². The van der Waals surface area contributed by atoms with Gasteiger partial charge in [0.25, 0.3) is 5.91 Å². The van der Waals surface area contributed by atoms with Gasteiger partial charge in [-0.1, -0.05) is 31.4 Å². The highest BCUT2D eigenvalue weighted by Gasteiger charge is 2.25. The zero-order chi connectivity index (χ0) is 19.2. The van der Waals surface area contributed by atoms with Gasteiger partial charge in [-0.2, -0.15) is 0 Å². The van der Waals surface area contributed by atoms with Crippen LogP contribution in [0.25, 0.3) is 0 Å². The Kier molecular flexibility index (Phi) is 6.55. The van der Waals surface area contributed by atoms with Crippen molar-refractivity contribution in [2.45, 2.75) is 39.0 Å². The van der Waals surface area contributed by atoms with Crippen molar-refractivity contribution in [2.75, 3.05) is 18.4 Å². The van der Waals surface area contributed by atoms with Gasteiger partial charge < -0.3 is 10.2 Å². The second-order valence-electron chi connectivity index (χ2n) is 7.01. The molecule has 0 atom stereocenters. The van der Waals surface area contributed by atoms with Crippen LogP contribution in [0.4, 0.5) is 9.52 Å². The lowest BCUT2D eigenvalue weighted by atomic mass is 9.89. The second kappa shape index (κ2) is 9.08. The molecule has 1 fully saturated rings. The molecule has 0 unspecified atom stereocenters. The van der Waals surface area contributed by atoms with E-state index in [0.29, 0.717) is 17.6 Å². The number of carbonyl (C=O) groups excluding carboxylic acids is 2. The molecule has 144 valence electrons. The molecular formula is C20H24FN3O2S. The van der Waals surface area contributed by atoms with E-state index in [0.717, 1.165) is 31.4 Å². The van der Waals surface area contributed by atoms with Crippen LogP contribution in [0.2, 0.25) is 0 Å². The summed E-state index contributed by atoms with van der Waals surface area (Å²) in [7, 11) is 0. The minimum Gasteiger partial charge on any atom is -0.329 e. The number of carbonyl (C=O) groups is 2. The van der Waals surface area contributed by atoms with E-state index in [1.165, 1.54) is 34.8 Å². The second-order valence-corrected chi connectivity index (χ2v) is 7.87. The van der Waals surface area contributed by atoms with Gasteiger partial charge in [0.2, 0.25) is 5.91 Å². The Morgan fingerprint density at radius 2 is 2.00 bits per heavy atom. The molecule has 7 heteroatoms. The maximum atomic E-state index is 14.1. The number of benzene rings is 1. The summed E-state index contributed by atoms with van der Waals surface area (Å²) in [6.45, 7) is 2.21. The number of aryl methyl sites for hydroxylation is 1. The molecule has 5 nitrogen and oxygen atoms in total. The van der Waals surface area contributed by atoms with Crippen molar-refractivity contribution < 1.29 is 14.0 Å². The van der Waals surface area contributed by atoms with Gasteiger partial charge in [0, 0.05) is 11.9 Å². The van der Waals surface area contributed by atoms with E-state index in [4.69, 9.17) is 0 Å². The van der Waals surface area contributed by atoms with Crippen LogP contribution in [0.5, 0.6) is 0 Å². The number of hydrogen-bond donors (Lipinski definition) is 1. The zero-order valence-corrected chi connectivity index (χ0v) is 16.2. The molecule has 1 aliphatic rings. The van der Waals surface area contributed by atoms with Gasteiger partial charge in [0.15, 0.2) is 5.13 Å². The molecule has 3 rings (SSSR count). The first-order valence-corrected chi connectivity index (χ1v) is 10.2. The van der Waals surface area contributed by atoms with E-state index in [1.807, 2.05) is 12.3 Å². The molecule has 0 saturated heterocycles. The maximum Gasteiger partial charge on any atom is 0.257 e. The van der Waals surface area contributed by atoms with Gasteiger partial charge in [-0.15, -0.1) is 11.3 Å². The first kappa shape index (κ1) is 19.5. The minimum absolute atomic E-state index is 0.00574. The predicted molar refractivity (Wildman–Crippen MR) is 104 cm³/mol. The molecular weight excluding hydrogens is 365 g/mol. The number of nitrogens with zero attached hydrogens (tertiary/aromatic N) is 2. The SMILES string of the molecule is Cc1csc(NC(=O)CN(CC2CCCCC2)C(=O)c2ccccc2F)n1. The van der Waals surface area contributed by atoms with Crippen LogP contribution in [0.15, 0.2) is 29.6 Å². The number of amides is 2. The third kappa shape index (κ3) is 5.35. The highest BCUT2D eigenvalue weighted by Crippen LogP contribution is 2.25. The smallest absolute Gasteiger partial charge is 0.257 e. The quantitative estimate of drug-likeness (QED) is 0.803. The van der Waals surface area contributed by atoms with E-state index >= 15 is 0 Å². The van der Waals surface area contributed by atoms with Crippen LogP contribution in [0, 0.1) is 18.7 Å². The Hall–Kier alpha value is -2.28. The molecule has 2 amide bonds. The Morgan fingerprint density at radius 1 is 1.26 bits per heavy atom. The Balaban J connectivity index is 1.73. The van der Waals surface area contributed by atoms with Crippen molar-refractivity contribution in [2.24, 2.45) is 5.92 Å². The number of hydrogen-bond acceptors (Lipinski definition) is 4. The molecule has 0 aliphatic heterocycles. The summed E-state index contributed by atoms with van der Waals surface area (Å²) in [4.78, 5) is 31.1. The van der Waals surface area contributed by atoms with E-state index in [9.17, 15) is 14.0 Å². The van der Waals surface area contributed by atoms with Crippen molar-refractivity contribution in [1.29, 1.82) is 0 Å². The third-order valence-electron chi connectivity index (χ3n) is 4.79. The van der Waals surface area contributed by atoms with Crippen LogP contribution < -0.4 is 5.32 Å². The number of aromatic nitrogens is 1. The Labute approximate surface area is 162 Å². The van der Waals surface area contributed by atoms with Gasteiger partial charge in [0.05, 0.1) is 11.3 Å². The summed E-state index contributed by atoms with van der Waals surface area (Å²) < 4.78 is 14.1. The third-order valence-corrected chi connectivity index (χ3v) is 5.67. The number of halogens is 1. The summed E-state index contributed by atoms with van der Waals surface area (Å²) in [5, 5.41) is 5.09. The molecule has 1 aromatic heterocycles. The van der Waals surface area contributed by atoms with Gasteiger partial charge in [-0.25, -0.2) is 9.37 Å². The number of nitrogens with one attached hydrogen (secondary N) is 1. The molecule has 0 radical (unpaired) electrons. The first-order valence-electron chi connectivity index (χ1n) is 9.28. The van der Waals surface area contributed by atoms with Crippen LogP contribution >= 0.6 is 11.3 Å². The van der Waals surface area contributed by atoms with Crippen LogP contribution in [0.3, 0.4) is 0 Å². The molecule has 1 heterocycles. The summed E-state index contributed by atoms with van der Waals surface area (Å²) in [6, 6.07) is 5.92. The maximum absolute atomic E-state index is 14.1. The van der Waals surface area contributed by atoms with E-state index < -0.39 is 11.7 Å². The summed E-state index contributed by atoms with van der Waals surface area (Å²) in [5.41, 5.74) is 0.836. The molecule has 1 aromatic carbocycles. The lowest BCUT2D eigenvalue weighted by molar-refractivity contribution is -0.117. The monoisotopic (exact) mass is 389 g/mol. The molecule has 2 aromatic rings. The molecule has 0 bridgehead atoms. The fourth-order valence-corrected chi connectivity index (χ4v) is 4.15. The highest BCUT2D eigenvalue weighted by molar-refractivity contribution is 7.13. The largest absolute Gasteiger partial charge is 0.329 e. The lowest BCUT2D eigenvalue weighted by Crippen LogP contribution is -2.41. The summed E-state index contributed by atoms with van der Waals surface area (Å²) >= 11 is 1.34. The average molecular weight is 389 g/mol. The van der Waals surface area contributed by atoms with Crippen LogP contribution in [-0.4, -0.2) is 34.8 Å². The van der Waals surface area contributed by atoms with Crippen molar-refractivity contribution >= 4 is 28.3 Å². The molecule has 27 heavy (non-hydrogen) atoms. The molecule has 0 spiro atoms. The minimum atomic E-state index is -0.563.